The van der Waals surface area contributed by atoms with Crippen molar-refractivity contribution in [2.75, 3.05) is 5.01 Å². The standard InChI is InChI=1S/C13H12ClN5/c14-6-1-3-7(4-2-6)19-13-9-5-8(12(13)17-18-19)10-11(9)16-15-10/h1-4,8-13H,5H2/t8-,9-,10+,11+,12+,13-/m0/s1. The van der Waals surface area contributed by atoms with Crippen LogP contribution in [0.2, 0.25) is 5.02 Å². The molecule has 0 amide bonds. The first-order valence-corrected chi connectivity index (χ1v) is 7.06. The third-order valence-electron chi connectivity index (χ3n) is 4.99. The molecule has 2 fully saturated rings. The monoisotopic (exact) mass is 273 g/mol. The van der Waals surface area contributed by atoms with Gasteiger partial charge < -0.3 is 0 Å². The van der Waals surface area contributed by atoms with Crippen molar-refractivity contribution in [1.29, 1.82) is 0 Å². The highest BCUT2D eigenvalue weighted by Crippen LogP contribution is 2.56. The number of anilines is 1. The van der Waals surface area contributed by atoms with Crippen molar-refractivity contribution in [2.45, 2.75) is 30.6 Å². The summed E-state index contributed by atoms with van der Waals surface area (Å²) in [6.45, 7) is 0. The van der Waals surface area contributed by atoms with Crippen LogP contribution in [0.5, 0.6) is 0 Å². The van der Waals surface area contributed by atoms with Gasteiger partial charge in [0.25, 0.3) is 0 Å². The van der Waals surface area contributed by atoms with Gasteiger partial charge in [0.05, 0.1) is 11.7 Å². The summed E-state index contributed by atoms with van der Waals surface area (Å²) in [6, 6.07) is 9.34. The Hall–Kier alpha value is -1.49. The van der Waals surface area contributed by atoms with Crippen LogP contribution in [0.4, 0.5) is 5.69 Å². The molecular formula is C13H12ClN5. The van der Waals surface area contributed by atoms with Gasteiger partial charge in [-0.15, -0.1) is 0 Å². The molecule has 0 saturated heterocycles. The zero-order chi connectivity index (χ0) is 12.6. The van der Waals surface area contributed by atoms with Gasteiger partial charge in [-0.05, 0) is 30.7 Å². The Balaban J connectivity index is 1.52. The summed E-state index contributed by atoms with van der Waals surface area (Å²) in [5.74, 6) is 1.11. The second-order valence-electron chi connectivity index (χ2n) is 5.78. The Bertz CT molecular complexity index is 598. The van der Waals surface area contributed by atoms with E-state index in [4.69, 9.17) is 11.6 Å². The van der Waals surface area contributed by atoms with E-state index in [1.807, 2.05) is 24.3 Å². The van der Waals surface area contributed by atoms with Gasteiger partial charge in [-0.3, -0.25) is 0 Å². The number of azo groups is 1. The van der Waals surface area contributed by atoms with Crippen LogP contribution in [0.3, 0.4) is 0 Å². The molecule has 5 rings (SSSR count). The van der Waals surface area contributed by atoms with Crippen LogP contribution >= 0.6 is 11.6 Å². The highest BCUT2D eigenvalue weighted by molar-refractivity contribution is 6.30. The molecule has 2 heterocycles. The molecule has 96 valence electrons. The number of benzene rings is 1. The fraction of sp³-hybridized carbons (Fsp3) is 0.538. The van der Waals surface area contributed by atoms with E-state index >= 15 is 0 Å². The third-order valence-corrected chi connectivity index (χ3v) is 5.24. The minimum Gasteiger partial charge on any atom is -0.242 e. The van der Waals surface area contributed by atoms with Crippen LogP contribution in [-0.2, 0) is 0 Å². The van der Waals surface area contributed by atoms with Crippen molar-refractivity contribution in [2.24, 2.45) is 32.4 Å². The van der Waals surface area contributed by atoms with Gasteiger partial charge in [0, 0.05) is 16.9 Å². The summed E-state index contributed by atoms with van der Waals surface area (Å²) >= 11 is 5.94. The summed E-state index contributed by atoms with van der Waals surface area (Å²) in [5.41, 5.74) is 1.07. The topological polar surface area (TPSA) is 52.7 Å². The van der Waals surface area contributed by atoms with E-state index in [0.717, 1.165) is 10.7 Å². The van der Waals surface area contributed by atoms with E-state index in [1.54, 1.807) is 0 Å². The molecule has 0 N–H and O–H groups in total. The summed E-state index contributed by atoms with van der Waals surface area (Å²) in [4.78, 5) is 0. The van der Waals surface area contributed by atoms with Gasteiger partial charge >= 0.3 is 0 Å². The van der Waals surface area contributed by atoms with E-state index in [1.165, 1.54) is 6.42 Å². The number of hydrogen-bond donors (Lipinski definition) is 0. The fourth-order valence-electron chi connectivity index (χ4n) is 4.15. The molecule has 0 spiro atoms. The number of nitrogens with zero attached hydrogens (tertiary/aromatic N) is 5. The second-order valence-corrected chi connectivity index (χ2v) is 6.22. The maximum atomic E-state index is 5.94. The number of halogens is 1. The zero-order valence-electron chi connectivity index (χ0n) is 10.1. The zero-order valence-corrected chi connectivity index (χ0v) is 10.9. The van der Waals surface area contributed by atoms with Crippen LogP contribution in [0.1, 0.15) is 6.42 Å². The van der Waals surface area contributed by atoms with E-state index < -0.39 is 0 Å². The van der Waals surface area contributed by atoms with Gasteiger partial charge in [-0.1, -0.05) is 16.8 Å². The molecular weight excluding hydrogens is 262 g/mol. The quantitative estimate of drug-likeness (QED) is 0.775. The molecule has 5 nitrogen and oxygen atoms in total. The van der Waals surface area contributed by atoms with Crippen molar-refractivity contribution in [3.8, 4) is 0 Å². The predicted octanol–water partition coefficient (Wildman–Crippen LogP) is 3.12. The fourth-order valence-corrected chi connectivity index (χ4v) is 4.28. The largest absolute Gasteiger partial charge is 0.242 e. The molecule has 6 atom stereocenters. The van der Waals surface area contributed by atoms with Crippen LogP contribution in [-0.4, -0.2) is 24.2 Å². The van der Waals surface area contributed by atoms with Crippen molar-refractivity contribution in [1.82, 2.24) is 0 Å². The molecule has 19 heavy (non-hydrogen) atoms. The summed E-state index contributed by atoms with van der Waals surface area (Å²) in [7, 11) is 0. The molecule has 1 aromatic carbocycles. The summed E-state index contributed by atoms with van der Waals surface area (Å²) in [5, 5.41) is 20.3. The second kappa shape index (κ2) is 3.33. The first-order valence-electron chi connectivity index (χ1n) is 6.68. The highest BCUT2D eigenvalue weighted by Gasteiger charge is 2.65. The van der Waals surface area contributed by atoms with E-state index in [2.05, 4.69) is 25.6 Å². The van der Waals surface area contributed by atoms with Crippen molar-refractivity contribution >= 4 is 17.3 Å². The Morgan fingerprint density at radius 2 is 1.68 bits per heavy atom. The van der Waals surface area contributed by atoms with Crippen molar-refractivity contribution < 1.29 is 0 Å². The van der Waals surface area contributed by atoms with Gasteiger partial charge in [0.2, 0.25) is 0 Å². The van der Waals surface area contributed by atoms with Crippen LogP contribution in [0.25, 0.3) is 0 Å². The van der Waals surface area contributed by atoms with Crippen molar-refractivity contribution in [3.05, 3.63) is 29.3 Å². The Morgan fingerprint density at radius 1 is 0.947 bits per heavy atom. The van der Waals surface area contributed by atoms with Gasteiger partial charge in [0.1, 0.15) is 18.1 Å². The molecule has 1 aromatic rings. The van der Waals surface area contributed by atoms with E-state index in [0.29, 0.717) is 36.0 Å². The Labute approximate surface area is 115 Å². The molecule has 2 bridgehead atoms. The van der Waals surface area contributed by atoms with Crippen LogP contribution in [0, 0.1) is 11.8 Å². The lowest BCUT2D eigenvalue weighted by Gasteiger charge is -2.38. The molecule has 6 heteroatoms. The first-order chi connectivity index (χ1) is 9.33. The number of hydrogen-bond acceptors (Lipinski definition) is 5. The average Bonchev–Trinajstić information content (AvgIpc) is 2.98. The molecule has 2 saturated carbocycles. The average molecular weight is 274 g/mol. The lowest BCUT2D eigenvalue weighted by molar-refractivity contribution is 0.242. The minimum absolute atomic E-state index is 0.307. The SMILES string of the molecule is Clc1ccc(N2N=N[C@@H]3[C@H]4C[C@@H]([C@H]5N=N[C@H]45)[C@@H]32)cc1. The van der Waals surface area contributed by atoms with Gasteiger partial charge in [0.15, 0.2) is 0 Å². The summed E-state index contributed by atoms with van der Waals surface area (Å²) in [6.07, 6.45) is 1.20. The maximum absolute atomic E-state index is 5.94. The Morgan fingerprint density at radius 3 is 2.42 bits per heavy atom. The summed E-state index contributed by atoms with van der Waals surface area (Å²) < 4.78 is 0. The molecule has 0 radical (unpaired) electrons. The van der Waals surface area contributed by atoms with E-state index in [-0.39, 0.29) is 0 Å². The van der Waals surface area contributed by atoms with Crippen molar-refractivity contribution in [3.63, 3.8) is 0 Å². The molecule has 0 aromatic heterocycles. The first kappa shape index (κ1) is 10.3. The van der Waals surface area contributed by atoms with Crippen LogP contribution in [0.15, 0.2) is 44.8 Å². The molecule has 0 unspecified atom stereocenters. The smallest absolute Gasteiger partial charge is 0.101 e. The van der Waals surface area contributed by atoms with E-state index in [9.17, 15) is 0 Å². The molecule has 2 aliphatic heterocycles. The lowest BCUT2D eigenvalue weighted by Crippen LogP contribution is -2.52. The molecule has 4 aliphatic rings. The molecule has 2 aliphatic carbocycles. The van der Waals surface area contributed by atoms with Gasteiger partial charge in [-0.25, -0.2) is 5.01 Å². The Kier molecular flexibility index (Phi) is 1.81. The minimum atomic E-state index is 0.307. The predicted molar refractivity (Wildman–Crippen MR) is 70.4 cm³/mol. The number of fused-ring (bicyclic) bond motifs is 8. The van der Waals surface area contributed by atoms with Gasteiger partial charge in [-0.2, -0.15) is 15.3 Å². The van der Waals surface area contributed by atoms with Crippen LogP contribution < -0.4 is 5.01 Å². The highest BCUT2D eigenvalue weighted by atomic mass is 35.5. The number of rotatable bonds is 1. The maximum Gasteiger partial charge on any atom is 0.101 e. The third kappa shape index (κ3) is 1.17. The lowest BCUT2D eigenvalue weighted by atomic mass is 9.82. The normalized spacial score (nSPS) is 44.4.